The number of aliphatic hydroxyl groups is 1. The monoisotopic (exact) mass is 232 g/mol. The van der Waals surface area contributed by atoms with Crippen molar-refractivity contribution in [1.82, 2.24) is 10.2 Å². The second-order valence-corrected chi connectivity index (χ2v) is 4.01. The summed E-state index contributed by atoms with van der Waals surface area (Å²) in [5, 5.41) is 20.2. The van der Waals surface area contributed by atoms with Crippen molar-refractivity contribution in [3.63, 3.8) is 0 Å². The second kappa shape index (κ2) is 7.05. The number of nitrogens with zero attached hydrogens (tertiary/aromatic N) is 1. The molecule has 0 heterocycles. The minimum Gasteiger partial charge on any atom is -0.481 e. The fraction of sp³-hybridized carbons (Fsp3) is 0.800. The normalized spacial score (nSPS) is 14.0. The van der Waals surface area contributed by atoms with E-state index in [2.05, 4.69) is 5.32 Å². The Bertz CT molecular complexity index is 243. The van der Waals surface area contributed by atoms with E-state index in [1.807, 2.05) is 0 Å². The number of nitrogens with one attached hydrogen (secondary N) is 1. The standard InChI is InChI=1S/C10H20N2O4/c1-7(4-5-9(14)15)11-10(16)12(3)6-8(2)13/h7-8,13H,4-6H2,1-3H3,(H,11,16)(H,14,15). The molecule has 0 fully saturated rings. The summed E-state index contributed by atoms with van der Waals surface area (Å²) in [6.45, 7) is 3.59. The number of hydrogen-bond donors (Lipinski definition) is 3. The average molecular weight is 232 g/mol. The molecule has 0 spiro atoms. The van der Waals surface area contributed by atoms with Crippen molar-refractivity contribution >= 4 is 12.0 Å². The van der Waals surface area contributed by atoms with Crippen molar-refractivity contribution < 1.29 is 19.8 Å². The van der Waals surface area contributed by atoms with E-state index in [-0.39, 0.29) is 25.0 Å². The number of aliphatic carboxylic acids is 1. The SMILES string of the molecule is CC(O)CN(C)C(=O)NC(C)CCC(=O)O. The maximum atomic E-state index is 11.5. The van der Waals surface area contributed by atoms with Crippen LogP contribution in [-0.2, 0) is 4.79 Å². The van der Waals surface area contributed by atoms with E-state index in [4.69, 9.17) is 10.2 Å². The largest absolute Gasteiger partial charge is 0.481 e. The van der Waals surface area contributed by atoms with Crippen molar-refractivity contribution in [3.8, 4) is 0 Å². The lowest BCUT2D eigenvalue weighted by Gasteiger charge is -2.22. The topological polar surface area (TPSA) is 89.9 Å². The van der Waals surface area contributed by atoms with Crippen molar-refractivity contribution in [1.29, 1.82) is 0 Å². The highest BCUT2D eigenvalue weighted by molar-refractivity contribution is 5.74. The van der Waals surface area contributed by atoms with Crippen LogP contribution in [0.25, 0.3) is 0 Å². The first kappa shape index (κ1) is 14.7. The van der Waals surface area contributed by atoms with Gasteiger partial charge in [-0.1, -0.05) is 0 Å². The van der Waals surface area contributed by atoms with E-state index < -0.39 is 12.1 Å². The molecule has 0 aliphatic rings. The molecule has 0 bridgehead atoms. The summed E-state index contributed by atoms with van der Waals surface area (Å²) in [4.78, 5) is 23.2. The smallest absolute Gasteiger partial charge is 0.317 e. The van der Waals surface area contributed by atoms with Gasteiger partial charge in [-0.2, -0.15) is 0 Å². The summed E-state index contributed by atoms with van der Waals surface area (Å²) in [5.74, 6) is -0.876. The zero-order chi connectivity index (χ0) is 12.7. The number of amides is 2. The predicted octanol–water partition coefficient (Wildman–Crippen LogP) is 0.262. The molecule has 2 unspecified atom stereocenters. The Morgan fingerprint density at radius 2 is 1.94 bits per heavy atom. The molecule has 94 valence electrons. The maximum absolute atomic E-state index is 11.5. The molecule has 0 aliphatic heterocycles. The van der Waals surface area contributed by atoms with Crippen molar-refractivity contribution in [2.24, 2.45) is 0 Å². The molecule has 3 N–H and O–H groups in total. The third-order valence-corrected chi connectivity index (χ3v) is 2.05. The molecule has 0 aromatic rings. The van der Waals surface area contributed by atoms with Gasteiger partial charge < -0.3 is 20.4 Å². The number of carboxylic acids is 1. The molecule has 2 atom stereocenters. The van der Waals surface area contributed by atoms with E-state index in [0.717, 1.165) is 0 Å². The maximum Gasteiger partial charge on any atom is 0.317 e. The van der Waals surface area contributed by atoms with Crippen molar-refractivity contribution in [2.45, 2.75) is 38.8 Å². The Hall–Kier alpha value is -1.30. The molecule has 0 radical (unpaired) electrons. The second-order valence-electron chi connectivity index (χ2n) is 4.01. The minimum absolute atomic E-state index is 0.0293. The molecular formula is C10H20N2O4. The van der Waals surface area contributed by atoms with Gasteiger partial charge >= 0.3 is 12.0 Å². The summed E-state index contributed by atoms with van der Waals surface area (Å²) in [5.41, 5.74) is 0. The van der Waals surface area contributed by atoms with Gasteiger partial charge in [-0.25, -0.2) is 4.79 Å². The zero-order valence-electron chi connectivity index (χ0n) is 9.93. The molecule has 6 nitrogen and oxygen atoms in total. The van der Waals surface area contributed by atoms with E-state index in [1.165, 1.54) is 4.90 Å². The number of urea groups is 1. The Morgan fingerprint density at radius 1 is 1.38 bits per heavy atom. The highest BCUT2D eigenvalue weighted by atomic mass is 16.4. The zero-order valence-corrected chi connectivity index (χ0v) is 9.93. The number of rotatable bonds is 6. The summed E-state index contributed by atoms with van der Waals surface area (Å²) in [6, 6.07) is -0.501. The number of aliphatic hydroxyl groups excluding tert-OH is 1. The molecule has 2 amide bonds. The molecule has 0 saturated carbocycles. The van der Waals surface area contributed by atoms with Gasteiger partial charge in [0.15, 0.2) is 0 Å². The number of likely N-dealkylation sites (N-methyl/N-ethyl adjacent to an activating group) is 1. The van der Waals surface area contributed by atoms with Gasteiger partial charge in [0, 0.05) is 26.1 Å². The third-order valence-electron chi connectivity index (χ3n) is 2.05. The number of hydrogen-bond acceptors (Lipinski definition) is 3. The highest BCUT2D eigenvalue weighted by Crippen LogP contribution is 1.98. The number of carbonyl (C=O) groups excluding carboxylic acids is 1. The highest BCUT2D eigenvalue weighted by Gasteiger charge is 2.13. The fourth-order valence-corrected chi connectivity index (χ4v) is 1.21. The molecule has 0 aromatic carbocycles. The van der Waals surface area contributed by atoms with Crippen LogP contribution in [0.5, 0.6) is 0 Å². The van der Waals surface area contributed by atoms with Crippen LogP contribution in [0.2, 0.25) is 0 Å². The third kappa shape index (κ3) is 7.05. The summed E-state index contributed by atoms with van der Waals surface area (Å²) >= 11 is 0. The van der Waals surface area contributed by atoms with E-state index >= 15 is 0 Å². The van der Waals surface area contributed by atoms with E-state index in [1.54, 1.807) is 20.9 Å². The molecule has 0 rings (SSSR count). The number of carboxylic acid groups (broad SMARTS) is 1. The Morgan fingerprint density at radius 3 is 2.38 bits per heavy atom. The van der Waals surface area contributed by atoms with Crippen molar-refractivity contribution in [2.75, 3.05) is 13.6 Å². The minimum atomic E-state index is -0.876. The van der Waals surface area contributed by atoms with Gasteiger partial charge in [0.25, 0.3) is 0 Å². The molecule has 6 heteroatoms. The molecule has 0 aliphatic carbocycles. The average Bonchev–Trinajstić information content (AvgIpc) is 2.13. The lowest BCUT2D eigenvalue weighted by atomic mass is 10.2. The molecule has 0 aromatic heterocycles. The van der Waals surface area contributed by atoms with Gasteiger partial charge in [0.1, 0.15) is 0 Å². The summed E-state index contributed by atoms with van der Waals surface area (Å²) in [6.07, 6.45) is -0.157. The van der Waals surface area contributed by atoms with E-state index in [0.29, 0.717) is 6.42 Å². The first-order valence-corrected chi connectivity index (χ1v) is 5.24. The van der Waals surface area contributed by atoms with Gasteiger partial charge in [-0.05, 0) is 20.3 Å². The van der Waals surface area contributed by atoms with Gasteiger partial charge in [0.05, 0.1) is 6.10 Å². The molecular weight excluding hydrogens is 212 g/mol. The Kier molecular flexibility index (Phi) is 6.48. The number of carbonyl (C=O) groups is 2. The quantitative estimate of drug-likeness (QED) is 0.613. The van der Waals surface area contributed by atoms with Crippen LogP contribution >= 0.6 is 0 Å². The first-order chi connectivity index (χ1) is 7.32. The Labute approximate surface area is 95.2 Å². The van der Waals surface area contributed by atoms with Crippen LogP contribution in [0, 0.1) is 0 Å². The van der Waals surface area contributed by atoms with E-state index in [9.17, 15) is 9.59 Å². The Balaban J connectivity index is 3.89. The van der Waals surface area contributed by atoms with Crippen LogP contribution in [0.3, 0.4) is 0 Å². The first-order valence-electron chi connectivity index (χ1n) is 5.24. The fourth-order valence-electron chi connectivity index (χ4n) is 1.21. The van der Waals surface area contributed by atoms with Gasteiger partial charge in [0.2, 0.25) is 0 Å². The van der Waals surface area contributed by atoms with Crippen LogP contribution in [0.4, 0.5) is 4.79 Å². The van der Waals surface area contributed by atoms with Gasteiger partial charge in [-0.15, -0.1) is 0 Å². The molecule has 0 saturated heterocycles. The lowest BCUT2D eigenvalue weighted by molar-refractivity contribution is -0.137. The van der Waals surface area contributed by atoms with Crippen LogP contribution in [0.1, 0.15) is 26.7 Å². The molecule has 16 heavy (non-hydrogen) atoms. The van der Waals surface area contributed by atoms with Crippen molar-refractivity contribution in [3.05, 3.63) is 0 Å². The van der Waals surface area contributed by atoms with Crippen LogP contribution in [-0.4, -0.2) is 52.9 Å². The predicted molar refractivity (Wildman–Crippen MR) is 59.2 cm³/mol. The summed E-state index contributed by atoms with van der Waals surface area (Å²) in [7, 11) is 1.58. The van der Waals surface area contributed by atoms with Crippen LogP contribution in [0.15, 0.2) is 0 Å². The lowest BCUT2D eigenvalue weighted by Crippen LogP contribution is -2.44. The van der Waals surface area contributed by atoms with Gasteiger partial charge in [-0.3, -0.25) is 4.79 Å². The van der Waals surface area contributed by atoms with Crippen LogP contribution < -0.4 is 5.32 Å². The summed E-state index contributed by atoms with van der Waals surface area (Å²) < 4.78 is 0.